The van der Waals surface area contributed by atoms with Crippen molar-refractivity contribution in [2.45, 2.75) is 19.1 Å². The predicted molar refractivity (Wildman–Crippen MR) is 28.7 cm³/mol. The zero-order valence-corrected chi connectivity index (χ0v) is 5.68. The van der Waals surface area contributed by atoms with Crippen LogP contribution < -0.4 is 0 Å². The predicted octanol–water partition coefficient (Wildman–Crippen LogP) is 0.473. The number of rotatable bonds is 3. The molecule has 0 radical (unpaired) electrons. The number of alkyl halides is 3. The molecular formula is C5H7F3O3. The molecule has 3 nitrogen and oxygen atoms in total. The topological polar surface area (TPSA) is 46.5 Å². The van der Waals surface area contributed by atoms with E-state index < -0.39 is 24.9 Å². The summed E-state index contributed by atoms with van der Waals surface area (Å²) in [6.45, 7) is -1.15. The van der Waals surface area contributed by atoms with E-state index in [9.17, 15) is 18.0 Å². The lowest BCUT2D eigenvalue weighted by atomic mass is 10.4. The smallest absolute Gasteiger partial charge is 0.397 e. The molecule has 1 atom stereocenters. The Kier molecular flexibility index (Phi) is 3.31. The highest BCUT2D eigenvalue weighted by molar-refractivity contribution is 5.74. The van der Waals surface area contributed by atoms with E-state index >= 15 is 0 Å². The van der Waals surface area contributed by atoms with E-state index in [1.54, 1.807) is 0 Å². The van der Waals surface area contributed by atoms with E-state index in [4.69, 9.17) is 5.11 Å². The van der Waals surface area contributed by atoms with Crippen LogP contribution >= 0.6 is 0 Å². The van der Waals surface area contributed by atoms with Crippen molar-refractivity contribution in [2.24, 2.45) is 0 Å². The van der Waals surface area contributed by atoms with Crippen molar-refractivity contribution in [1.29, 1.82) is 0 Å². The molecule has 0 aliphatic rings. The van der Waals surface area contributed by atoms with Crippen LogP contribution in [0.25, 0.3) is 0 Å². The maximum Gasteiger partial charge on any atom is 0.429 e. The van der Waals surface area contributed by atoms with Gasteiger partial charge in [0.25, 0.3) is 0 Å². The van der Waals surface area contributed by atoms with E-state index in [0.717, 1.165) is 6.92 Å². The van der Waals surface area contributed by atoms with Gasteiger partial charge in [0, 0.05) is 0 Å². The third kappa shape index (κ3) is 3.82. The molecule has 0 heterocycles. The highest BCUT2D eigenvalue weighted by atomic mass is 19.3. The Balaban J connectivity index is 3.94. The van der Waals surface area contributed by atoms with Crippen molar-refractivity contribution in [2.75, 3.05) is 6.67 Å². The largest absolute Gasteiger partial charge is 0.429 e. The number of hydrogen-bond acceptors (Lipinski definition) is 3. The second kappa shape index (κ2) is 3.56. The number of halogens is 3. The fraction of sp³-hybridized carbons (Fsp3) is 0.800. The molecule has 1 unspecified atom stereocenters. The van der Waals surface area contributed by atoms with Crippen molar-refractivity contribution >= 4 is 5.97 Å². The van der Waals surface area contributed by atoms with Gasteiger partial charge in [-0.25, -0.2) is 9.18 Å². The van der Waals surface area contributed by atoms with Crippen LogP contribution in [0.1, 0.15) is 6.92 Å². The average Bonchev–Trinajstić information content (AvgIpc) is 1.87. The van der Waals surface area contributed by atoms with Crippen molar-refractivity contribution < 1.29 is 27.8 Å². The van der Waals surface area contributed by atoms with Gasteiger partial charge < -0.3 is 9.84 Å². The fourth-order valence-electron chi connectivity index (χ4n) is 0.260. The Morgan fingerprint density at radius 2 is 2.18 bits per heavy atom. The van der Waals surface area contributed by atoms with Gasteiger partial charge in [0.15, 0.2) is 6.67 Å². The van der Waals surface area contributed by atoms with Crippen molar-refractivity contribution in [3.05, 3.63) is 0 Å². The number of carbonyl (C=O) groups excluding carboxylic acids is 1. The molecule has 66 valence electrons. The van der Waals surface area contributed by atoms with E-state index in [1.807, 2.05) is 0 Å². The van der Waals surface area contributed by atoms with Crippen LogP contribution in [0.3, 0.4) is 0 Å². The molecule has 1 N–H and O–H groups in total. The van der Waals surface area contributed by atoms with Gasteiger partial charge >= 0.3 is 12.1 Å². The van der Waals surface area contributed by atoms with Crippen LogP contribution in [0.4, 0.5) is 13.2 Å². The molecule has 0 saturated heterocycles. The molecule has 0 aromatic rings. The normalized spacial score (nSPS) is 14.3. The summed E-state index contributed by atoms with van der Waals surface area (Å²) >= 11 is 0. The minimum absolute atomic E-state index is 0.941. The maximum absolute atomic E-state index is 11.8. The fourth-order valence-corrected chi connectivity index (χ4v) is 0.260. The number of carbonyl (C=O) groups is 1. The Hall–Kier alpha value is -0.780. The lowest BCUT2D eigenvalue weighted by molar-refractivity contribution is -0.243. The lowest BCUT2D eigenvalue weighted by Gasteiger charge is -2.13. The van der Waals surface area contributed by atoms with Gasteiger partial charge in [-0.1, -0.05) is 0 Å². The van der Waals surface area contributed by atoms with Crippen LogP contribution in [-0.4, -0.2) is 30.0 Å². The van der Waals surface area contributed by atoms with Crippen LogP contribution in [0.15, 0.2) is 0 Å². The minimum atomic E-state index is -4.13. The summed E-state index contributed by atoms with van der Waals surface area (Å²) in [5.74, 6) is -1.55. The van der Waals surface area contributed by atoms with Crippen LogP contribution in [-0.2, 0) is 9.53 Å². The highest BCUT2D eigenvalue weighted by Crippen LogP contribution is 2.16. The first-order valence-electron chi connectivity index (χ1n) is 2.74. The van der Waals surface area contributed by atoms with E-state index in [-0.39, 0.29) is 0 Å². The first-order valence-corrected chi connectivity index (χ1v) is 2.74. The number of aliphatic hydroxyl groups is 1. The Morgan fingerprint density at radius 3 is 2.45 bits per heavy atom. The molecule has 0 rings (SSSR count). The summed E-state index contributed by atoms with van der Waals surface area (Å²) in [6.07, 6.45) is -5.80. The third-order valence-electron chi connectivity index (χ3n) is 0.747. The quantitative estimate of drug-likeness (QED) is 0.629. The number of aliphatic hydroxyl groups excluding tert-OH is 1. The van der Waals surface area contributed by atoms with E-state index in [0.29, 0.717) is 0 Å². The molecule has 0 spiro atoms. The highest BCUT2D eigenvalue weighted by Gasteiger charge is 2.35. The average molecular weight is 172 g/mol. The zero-order valence-electron chi connectivity index (χ0n) is 5.68. The molecule has 0 bridgehead atoms. The Bertz CT molecular complexity index is 146. The maximum atomic E-state index is 11.8. The minimum Gasteiger partial charge on any atom is -0.397 e. The van der Waals surface area contributed by atoms with E-state index in [1.165, 1.54) is 0 Å². The molecular weight excluding hydrogens is 165 g/mol. The standard InChI is InChI=1S/C5H7F3O3/c1-3(9)4(10)11-5(7,8)2-6/h3,9H,2H2,1H3. The van der Waals surface area contributed by atoms with Crippen LogP contribution in [0.2, 0.25) is 0 Å². The van der Waals surface area contributed by atoms with Crippen LogP contribution in [0.5, 0.6) is 0 Å². The monoisotopic (exact) mass is 172 g/mol. The zero-order chi connectivity index (χ0) is 9.07. The lowest BCUT2D eigenvalue weighted by Crippen LogP contribution is -2.32. The summed E-state index contributed by atoms with van der Waals surface area (Å²) in [5, 5.41) is 8.35. The summed E-state index contributed by atoms with van der Waals surface area (Å²) in [4.78, 5) is 10.2. The Morgan fingerprint density at radius 1 is 1.73 bits per heavy atom. The van der Waals surface area contributed by atoms with Gasteiger partial charge in [0.05, 0.1) is 0 Å². The van der Waals surface area contributed by atoms with Crippen LogP contribution in [0, 0.1) is 0 Å². The van der Waals surface area contributed by atoms with Gasteiger partial charge in [0.2, 0.25) is 0 Å². The first kappa shape index (κ1) is 10.2. The van der Waals surface area contributed by atoms with Gasteiger partial charge in [0.1, 0.15) is 6.10 Å². The molecule has 0 aromatic carbocycles. The first-order chi connectivity index (χ1) is 4.89. The number of ether oxygens (including phenoxy) is 1. The molecule has 0 aromatic heterocycles. The summed E-state index contributed by atoms with van der Waals surface area (Å²) in [7, 11) is 0. The number of esters is 1. The Labute approximate surface area is 60.8 Å². The van der Waals surface area contributed by atoms with Crippen molar-refractivity contribution in [3.8, 4) is 0 Å². The molecule has 0 saturated carbocycles. The second-order valence-electron chi connectivity index (χ2n) is 1.87. The summed E-state index contributed by atoms with van der Waals surface area (Å²) in [6, 6.07) is 0. The SMILES string of the molecule is CC(O)C(=O)OC(F)(F)CF. The van der Waals surface area contributed by atoms with Gasteiger partial charge in [-0.2, -0.15) is 8.78 Å². The van der Waals surface area contributed by atoms with Crippen molar-refractivity contribution in [3.63, 3.8) is 0 Å². The van der Waals surface area contributed by atoms with Gasteiger partial charge in [-0.3, -0.25) is 0 Å². The summed E-state index contributed by atoms with van der Waals surface area (Å²) in [5.41, 5.74) is 0. The summed E-state index contributed by atoms with van der Waals surface area (Å²) < 4.78 is 38.2. The molecule has 0 aliphatic heterocycles. The van der Waals surface area contributed by atoms with E-state index in [2.05, 4.69) is 4.74 Å². The van der Waals surface area contributed by atoms with Crippen molar-refractivity contribution in [1.82, 2.24) is 0 Å². The van der Waals surface area contributed by atoms with Gasteiger partial charge in [-0.05, 0) is 6.92 Å². The molecule has 0 amide bonds. The molecule has 0 aliphatic carbocycles. The molecule has 6 heteroatoms. The third-order valence-corrected chi connectivity index (χ3v) is 0.747. The molecule has 0 fully saturated rings. The van der Waals surface area contributed by atoms with Gasteiger partial charge in [-0.15, -0.1) is 0 Å². The molecule has 11 heavy (non-hydrogen) atoms. The second-order valence-corrected chi connectivity index (χ2v) is 1.87. The number of hydrogen-bond donors (Lipinski definition) is 1.